The van der Waals surface area contributed by atoms with Gasteiger partial charge in [0.15, 0.2) is 28.9 Å². The number of dihydropyridines is 2. The summed E-state index contributed by atoms with van der Waals surface area (Å²) in [5.41, 5.74) is 5.24. The van der Waals surface area contributed by atoms with Gasteiger partial charge in [-0.2, -0.15) is 4.98 Å². The van der Waals surface area contributed by atoms with Gasteiger partial charge in [-0.15, -0.1) is 0 Å². The number of rotatable bonds is 35. The van der Waals surface area contributed by atoms with Crippen LogP contribution in [0.25, 0.3) is 22.7 Å². The summed E-state index contributed by atoms with van der Waals surface area (Å²) in [7, 11) is 0.190. The highest BCUT2D eigenvalue weighted by atomic mass is 32.2. The van der Waals surface area contributed by atoms with Gasteiger partial charge in [0, 0.05) is 95.5 Å². The van der Waals surface area contributed by atoms with Crippen molar-refractivity contribution in [1.29, 1.82) is 0 Å². The van der Waals surface area contributed by atoms with Crippen molar-refractivity contribution in [2.75, 3.05) is 65.0 Å². The number of anilines is 2. The number of nitro groups is 2. The Morgan fingerprint density at radius 2 is 1.14 bits per heavy atom. The standard InChI is InChI=1S/C37H39N5O8S.C32H30N4O11.C31H40N4O6S/c1-37(2,3)25-14-16-28(17-15-25)51(44,45)42-35-33(50-30-12-8-7-11-29(30)48-6)36(49-20-18-32(43)39-31-13-9-10-19-38-31)41-34(40-35)24-21-26(46-4)23-27(22-24)47-5;1-15-23(29(37)45-5)27(19-9-7-11-21(13-19)35(41)42)25(17(3)33-15)31(39)47-32(40)26-18(4)34-16(2)24(30(38)46-6)28(26)20-10-8-12-22(14-20)36(43)44;1-7-8-15-42(39,40)34-30(37)28(20(2)3)33-29(36)26(35(6)31(38)25-17-21(4)16-22(5)18-25)19-23-9-11-24(12-10-23)27-13-14-32-41-27/h7-17,19,21-23H,18,20H2,1-6H3,(H,38,39,43)(H,40,41,42);7-14,27-28,33-34H,1-6H3;9-14,16-18,20,26,28H,7-8,15,19H2,1-6H3,(H,33,36)(H,34,37)/t;;26-,28+/m..1/s1. The summed E-state index contributed by atoms with van der Waals surface area (Å²) in [6.07, 6.45) is 4.22. The maximum atomic E-state index is 14.0. The number of nitrogens with zero attached hydrogens (tertiary/aromatic N) is 7. The van der Waals surface area contributed by atoms with E-state index in [0.29, 0.717) is 64.2 Å². The number of non-ortho nitro benzene ring substituents is 2. The smallest absolute Gasteiger partial charge is 0.344 e. The number of likely N-dealkylation sites (N-methyl/N-ethyl adjacent to an activating group) is 1. The van der Waals surface area contributed by atoms with E-state index in [9.17, 15) is 75.4 Å². The average Bonchev–Trinajstić information content (AvgIpc) is 0.835. The number of methoxy groups -OCH3 is 5. The lowest BCUT2D eigenvalue weighted by Gasteiger charge is -2.31. The van der Waals surface area contributed by atoms with Crippen LogP contribution in [0.1, 0.15) is 144 Å². The molecule has 12 rings (SSSR count). The molecular formula is C100H109N13O25S2. The van der Waals surface area contributed by atoms with E-state index in [2.05, 4.69) is 50.8 Å². The largest absolute Gasteiger partial charge is 0.497 e. The van der Waals surface area contributed by atoms with Gasteiger partial charge in [-0.3, -0.25) is 48.9 Å². The minimum absolute atomic E-state index is 0.00406. The van der Waals surface area contributed by atoms with E-state index < -0.39 is 95.4 Å². The Morgan fingerprint density at radius 3 is 1.62 bits per heavy atom. The van der Waals surface area contributed by atoms with E-state index in [1.54, 1.807) is 138 Å². The molecule has 3 aromatic heterocycles. The summed E-state index contributed by atoms with van der Waals surface area (Å²) in [4.78, 5) is 144. The fourth-order valence-corrected chi connectivity index (χ4v) is 17.4. The van der Waals surface area contributed by atoms with Gasteiger partial charge in [0.05, 0.1) is 109 Å². The fraction of sp³-hybridized carbons (Fsp3) is 0.300. The van der Waals surface area contributed by atoms with E-state index in [1.807, 2.05) is 71.9 Å². The third kappa shape index (κ3) is 27.0. The van der Waals surface area contributed by atoms with Gasteiger partial charge in [-0.1, -0.05) is 149 Å². The molecule has 0 radical (unpaired) electrons. The number of unbranched alkanes of at least 4 members (excludes halogenated alkanes) is 1. The SMILES string of the molecule is CCCCS(=O)(=O)NC(=O)[C@@H](NC(=O)[C@@H](Cc1ccc(-c2ccno2)cc1)N(C)C(=O)c1cc(C)cc(C)c1)C(C)C.COC(=O)C1=C(C)NC(C)=C(C(=O)OC(=O)C2=C(C)NC(C)=C(C(=O)OC)C2c2cccc([N+](=O)[O-])c2)C1c1cccc([N+](=O)[O-])c1.COc1cc(OC)cc(-c2nc(NS(=O)(=O)c3ccc(C(C)(C)C)cc3)c(Oc3ccccc3OC)c(OCCC(=O)Nc3ccccn3)n2)c1. The molecule has 4 atom stereocenters. The maximum absolute atomic E-state index is 14.0. The lowest BCUT2D eigenvalue weighted by atomic mass is 9.79. The molecule has 0 saturated carbocycles. The number of allylic oxidation sites excluding steroid dienone is 4. The number of hydrogen-bond acceptors (Lipinski definition) is 31. The fourth-order valence-electron chi connectivity index (χ4n) is 15.2. The van der Waals surface area contributed by atoms with E-state index in [1.165, 1.54) is 101 Å². The Labute approximate surface area is 809 Å². The van der Waals surface area contributed by atoms with E-state index >= 15 is 0 Å². The predicted molar refractivity (Wildman–Crippen MR) is 517 cm³/mol. The van der Waals surface area contributed by atoms with E-state index in [4.69, 9.17) is 42.4 Å². The van der Waals surface area contributed by atoms with Crippen LogP contribution in [0, 0.1) is 40.0 Å². The van der Waals surface area contributed by atoms with Crippen LogP contribution in [0.15, 0.2) is 249 Å². The molecule has 0 bridgehead atoms. The van der Waals surface area contributed by atoms with Gasteiger partial charge >= 0.3 is 23.9 Å². The highest BCUT2D eigenvalue weighted by molar-refractivity contribution is 7.92. The molecule has 2 aliphatic rings. The van der Waals surface area contributed by atoms with Crippen LogP contribution in [0.3, 0.4) is 0 Å². The summed E-state index contributed by atoms with van der Waals surface area (Å²) >= 11 is 0. The van der Waals surface area contributed by atoms with Crippen molar-refractivity contribution in [3.8, 4) is 57.3 Å². The molecule has 7 aromatic carbocycles. The molecule has 5 heterocycles. The first-order chi connectivity index (χ1) is 66.4. The van der Waals surface area contributed by atoms with Crippen molar-refractivity contribution in [3.63, 3.8) is 0 Å². The van der Waals surface area contributed by atoms with Gasteiger partial charge in [0.2, 0.25) is 27.6 Å². The van der Waals surface area contributed by atoms with Crippen LogP contribution < -0.4 is 54.4 Å². The number of esters is 4. The molecule has 736 valence electrons. The minimum atomic E-state index is -4.24. The molecule has 2 unspecified atom stereocenters. The first-order valence-electron chi connectivity index (χ1n) is 43.8. The van der Waals surface area contributed by atoms with Crippen molar-refractivity contribution in [2.45, 2.75) is 143 Å². The average molecular weight is 1960 g/mol. The Morgan fingerprint density at radius 1 is 0.593 bits per heavy atom. The number of aromatic nitrogens is 4. The molecule has 40 heteroatoms. The van der Waals surface area contributed by atoms with Gasteiger partial charge in [0.25, 0.3) is 39.1 Å². The molecule has 38 nitrogen and oxygen atoms in total. The Balaban J connectivity index is 0.000000217. The van der Waals surface area contributed by atoms with Gasteiger partial charge in [0.1, 0.15) is 29.4 Å². The zero-order valence-electron chi connectivity index (χ0n) is 80.3. The number of carbonyl (C=O) groups excluding carboxylic acids is 8. The molecule has 0 aliphatic carbocycles. The summed E-state index contributed by atoms with van der Waals surface area (Å²) in [6, 6.07) is 46.5. The molecule has 6 N–H and O–H groups in total. The number of pyridine rings is 1. The number of benzene rings is 7. The van der Waals surface area contributed by atoms with Crippen LogP contribution in [0.5, 0.6) is 34.6 Å². The molecule has 0 spiro atoms. The summed E-state index contributed by atoms with van der Waals surface area (Å²) in [5.74, 6) is -7.34. The van der Waals surface area contributed by atoms with Gasteiger partial charge in [-0.25, -0.2) is 46.0 Å². The Kier molecular flexibility index (Phi) is 35.7. The number of hydrogen-bond donors (Lipinski definition) is 6. The highest BCUT2D eigenvalue weighted by Gasteiger charge is 2.44. The van der Waals surface area contributed by atoms with E-state index in [-0.39, 0.29) is 133 Å². The van der Waals surface area contributed by atoms with Crippen molar-refractivity contribution in [3.05, 3.63) is 299 Å². The Bertz CT molecular complexity index is 6520. The zero-order chi connectivity index (χ0) is 102. The third-order valence-electron chi connectivity index (χ3n) is 22.2. The number of ether oxygens (including phenoxy) is 8. The van der Waals surface area contributed by atoms with E-state index in [0.717, 1.165) is 42.0 Å². The zero-order valence-corrected chi connectivity index (χ0v) is 81.9. The second kappa shape index (κ2) is 47.2. The van der Waals surface area contributed by atoms with Crippen molar-refractivity contribution >= 4 is 90.6 Å². The van der Waals surface area contributed by atoms with Crippen molar-refractivity contribution < 1.29 is 107 Å². The number of amides is 4. The van der Waals surface area contributed by atoms with Crippen LogP contribution in [-0.2, 0) is 79.7 Å². The topological polar surface area (TPSA) is 505 Å². The second-order valence-corrected chi connectivity index (χ2v) is 37.2. The lowest BCUT2D eigenvalue weighted by molar-refractivity contribution is -0.385. The molecule has 0 fully saturated rings. The normalized spacial score (nSPS) is 14.0. The summed E-state index contributed by atoms with van der Waals surface area (Å²) in [5, 5.41) is 38.2. The molecule has 140 heavy (non-hydrogen) atoms. The maximum Gasteiger partial charge on any atom is 0.344 e. The molecule has 0 saturated heterocycles. The summed E-state index contributed by atoms with van der Waals surface area (Å²) in [6.45, 7) is 21.1. The van der Waals surface area contributed by atoms with Crippen molar-refractivity contribution in [1.82, 2.24) is 45.7 Å². The molecule has 4 amide bonds. The first-order valence-corrected chi connectivity index (χ1v) is 47.0. The van der Waals surface area contributed by atoms with Crippen LogP contribution in [-0.4, -0.2) is 166 Å². The minimum Gasteiger partial charge on any atom is -0.497 e. The number of nitro benzene ring substituents is 2. The number of aryl methyl sites for hydroxylation is 2. The quantitative estimate of drug-likeness (QED) is 0.00706. The lowest BCUT2D eigenvalue weighted by Crippen LogP contribution is -2.57. The summed E-state index contributed by atoms with van der Waals surface area (Å²) < 4.78 is 107. The molecular weight excluding hydrogens is 1850 g/mol. The second-order valence-electron chi connectivity index (χ2n) is 33.7. The predicted octanol–water partition coefficient (Wildman–Crippen LogP) is 15.0. The third-order valence-corrected chi connectivity index (χ3v) is 24.9. The monoisotopic (exact) mass is 1960 g/mol. The Hall–Kier alpha value is -16.0. The number of para-hydroxylation sites is 2. The number of nitrogens with one attached hydrogen (secondary N) is 6. The highest BCUT2D eigenvalue weighted by Crippen LogP contribution is 2.46. The number of carbonyl (C=O) groups is 8. The first kappa shape index (κ1) is 106. The molecule has 10 aromatic rings. The number of sulfonamides is 2. The van der Waals surface area contributed by atoms with Crippen molar-refractivity contribution in [2.24, 2.45) is 5.92 Å². The van der Waals surface area contributed by atoms with Gasteiger partial charge < -0.3 is 68.6 Å². The molecule has 2 aliphatic heterocycles. The van der Waals surface area contributed by atoms with Crippen LogP contribution in [0.4, 0.5) is 23.0 Å². The van der Waals surface area contributed by atoms with Crippen LogP contribution >= 0.6 is 0 Å². The van der Waals surface area contributed by atoms with Gasteiger partial charge in [-0.05, 0) is 142 Å². The van der Waals surface area contributed by atoms with Crippen LogP contribution in [0.2, 0.25) is 0 Å².